The molecule has 0 fully saturated rings. The first kappa shape index (κ1) is 20.8. The number of furan rings is 1. The summed E-state index contributed by atoms with van der Waals surface area (Å²) in [4.78, 5) is 44.3. The van der Waals surface area contributed by atoms with E-state index in [4.69, 9.17) is 4.42 Å². The maximum atomic E-state index is 13.4. The van der Waals surface area contributed by atoms with Crippen LogP contribution in [0.25, 0.3) is 20.4 Å². The molecule has 5 aromatic rings. The fraction of sp³-hybridized carbons (Fsp3) is 0.130. The Labute approximate surface area is 189 Å². The summed E-state index contributed by atoms with van der Waals surface area (Å²) in [6.45, 7) is -0.172. The summed E-state index contributed by atoms with van der Waals surface area (Å²) in [6, 6.07) is 12.5. The average Bonchev–Trinajstić information content (AvgIpc) is 3.47. The molecule has 0 bridgehead atoms. The van der Waals surface area contributed by atoms with E-state index in [1.165, 1.54) is 46.4 Å². The lowest BCUT2D eigenvalue weighted by atomic mass is 10.2. The Morgan fingerprint density at radius 3 is 2.67 bits per heavy atom. The molecule has 0 aliphatic carbocycles. The van der Waals surface area contributed by atoms with E-state index in [0.717, 1.165) is 4.57 Å². The van der Waals surface area contributed by atoms with E-state index in [1.54, 1.807) is 30.5 Å². The predicted octanol–water partition coefficient (Wildman–Crippen LogP) is 2.87. The molecule has 33 heavy (non-hydrogen) atoms. The van der Waals surface area contributed by atoms with Crippen LogP contribution in [-0.4, -0.2) is 20.0 Å². The molecule has 4 heterocycles. The van der Waals surface area contributed by atoms with Crippen molar-refractivity contribution >= 4 is 37.7 Å². The molecule has 0 atom stereocenters. The highest BCUT2D eigenvalue weighted by Gasteiger charge is 2.20. The maximum Gasteiger partial charge on any atom is 0.332 e. The Morgan fingerprint density at radius 2 is 1.91 bits per heavy atom. The van der Waals surface area contributed by atoms with Crippen LogP contribution in [0.3, 0.4) is 0 Å². The molecule has 4 aromatic heterocycles. The number of nitrogens with one attached hydrogen (secondary N) is 1. The molecular weight excluding hydrogens is 447 g/mol. The second-order valence-electron chi connectivity index (χ2n) is 7.38. The zero-order valence-corrected chi connectivity index (χ0v) is 18.0. The average molecular weight is 464 g/mol. The summed E-state index contributed by atoms with van der Waals surface area (Å²) in [5, 5.41) is 3.35. The Kier molecular flexibility index (Phi) is 5.35. The number of aromatic nitrogens is 3. The van der Waals surface area contributed by atoms with Gasteiger partial charge in [0.15, 0.2) is 0 Å². The van der Waals surface area contributed by atoms with Gasteiger partial charge in [0.05, 0.1) is 24.9 Å². The number of halogens is 1. The molecule has 10 heteroatoms. The van der Waals surface area contributed by atoms with E-state index in [0.29, 0.717) is 31.8 Å². The molecule has 0 saturated carbocycles. The number of hydrogen-bond donors (Lipinski definition) is 1. The molecule has 1 aromatic carbocycles. The molecule has 5 rings (SSSR count). The van der Waals surface area contributed by atoms with E-state index >= 15 is 0 Å². The minimum absolute atomic E-state index is 0.0520. The number of hydrogen-bond acceptors (Lipinski definition) is 6. The smallest absolute Gasteiger partial charge is 0.332 e. The van der Waals surface area contributed by atoms with Crippen molar-refractivity contribution in [3.63, 3.8) is 0 Å². The van der Waals surface area contributed by atoms with Gasteiger partial charge >= 0.3 is 5.69 Å². The SMILES string of the molecule is O=C(Cn1c(=O)n(Cc2ccc(F)cc2)c(=O)c2sc3ncccc3c21)NCc1ccco1. The zero-order chi connectivity index (χ0) is 22.9. The molecule has 0 spiro atoms. The third-order valence-electron chi connectivity index (χ3n) is 5.21. The van der Waals surface area contributed by atoms with Crippen molar-refractivity contribution in [3.05, 3.63) is 99.0 Å². The highest BCUT2D eigenvalue weighted by Crippen LogP contribution is 2.29. The largest absolute Gasteiger partial charge is 0.467 e. The lowest BCUT2D eigenvalue weighted by Gasteiger charge is -2.13. The van der Waals surface area contributed by atoms with Crippen LogP contribution in [-0.2, 0) is 24.4 Å². The fourth-order valence-electron chi connectivity index (χ4n) is 3.64. The number of fused-ring (bicyclic) bond motifs is 3. The molecule has 0 aliphatic heterocycles. The Morgan fingerprint density at radius 1 is 1.09 bits per heavy atom. The van der Waals surface area contributed by atoms with Crippen LogP contribution < -0.4 is 16.6 Å². The molecule has 0 aliphatic rings. The fourth-order valence-corrected chi connectivity index (χ4v) is 4.74. The molecule has 166 valence electrons. The van der Waals surface area contributed by atoms with Crippen LogP contribution in [0.5, 0.6) is 0 Å². The van der Waals surface area contributed by atoms with Gasteiger partial charge in [-0.2, -0.15) is 0 Å². The third kappa shape index (κ3) is 3.96. The van der Waals surface area contributed by atoms with Gasteiger partial charge in [0.1, 0.15) is 27.7 Å². The second kappa shape index (κ2) is 8.47. The van der Waals surface area contributed by atoms with Crippen molar-refractivity contribution in [1.82, 2.24) is 19.4 Å². The maximum absolute atomic E-state index is 13.4. The highest BCUT2D eigenvalue weighted by atomic mass is 32.1. The molecule has 1 N–H and O–H groups in total. The minimum atomic E-state index is -0.631. The van der Waals surface area contributed by atoms with Gasteiger partial charge in [0.25, 0.3) is 5.56 Å². The van der Waals surface area contributed by atoms with Gasteiger partial charge in [0.2, 0.25) is 5.91 Å². The molecule has 0 saturated heterocycles. The number of nitrogens with zero attached hydrogens (tertiary/aromatic N) is 3. The topological polar surface area (TPSA) is 99.1 Å². The van der Waals surface area contributed by atoms with E-state index in [9.17, 15) is 18.8 Å². The van der Waals surface area contributed by atoms with Gasteiger partial charge in [0, 0.05) is 11.6 Å². The van der Waals surface area contributed by atoms with Gasteiger partial charge in [-0.15, -0.1) is 11.3 Å². The van der Waals surface area contributed by atoms with Crippen LogP contribution >= 0.6 is 11.3 Å². The first-order valence-corrected chi connectivity index (χ1v) is 10.9. The third-order valence-corrected chi connectivity index (χ3v) is 6.30. The van der Waals surface area contributed by atoms with Gasteiger partial charge in [-0.3, -0.25) is 18.7 Å². The van der Waals surface area contributed by atoms with Gasteiger partial charge in [-0.1, -0.05) is 12.1 Å². The first-order chi connectivity index (χ1) is 16.0. The van der Waals surface area contributed by atoms with Gasteiger partial charge in [-0.05, 0) is 42.0 Å². The first-order valence-electron chi connectivity index (χ1n) is 10.1. The quantitative estimate of drug-likeness (QED) is 0.417. The van der Waals surface area contributed by atoms with Crippen LogP contribution in [0.15, 0.2) is 75.0 Å². The molecular formula is C23H17FN4O4S. The lowest BCUT2D eigenvalue weighted by Crippen LogP contribution is -2.42. The van der Waals surface area contributed by atoms with Crippen molar-refractivity contribution in [1.29, 1.82) is 0 Å². The van der Waals surface area contributed by atoms with E-state index in [2.05, 4.69) is 10.3 Å². The number of amides is 1. The Bertz CT molecular complexity index is 1580. The number of rotatable bonds is 6. The van der Waals surface area contributed by atoms with Crippen molar-refractivity contribution in [2.45, 2.75) is 19.6 Å². The number of carbonyl (C=O) groups is 1. The van der Waals surface area contributed by atoms with Crippen molar-refractivity contribution in [2.75, 3.05) is 0 Å². The summed E-state index contributed by atoms with van der Waals surface area (Å²) in [5.74, 6) is -0.250. The summed E-state index contributed by atoms with van der Waals surface area (Å²) < 4.78 is 21.2. The highest BCUT2D eigenvalue weighted by molar-refractivity contribution is 7.25. The number of thiophene rings is 1. The number of carbonyl (C=O) groups excluding carboxylic acids is 1. The lowest BCUT2D eigenvalue weighted by molar-refractivity contribution is -0.121. The normalized spacial score (nSPS) is 11.3. The zero-order valence-electron chi connectivity index (χ0n) is 17.2. The van der Waals surface area contributed by atoms with Crippen molar-refractivity contribution in [3.8, 4) is 0 Å². The number of pyridine rings is 1. The summed E-state index contributed by atoms with van der Waals surface area (Å²) in [5.41, 5.74) is -0.146. The predicted molar refractivity (Wildman–Crippen MR) is 122 cm³/mol. The Hall–Kier alpha value is -4.05. The summed E-state index contributed by atoms with van der Waals surface area (Å²) in [7, 11) is 0. The summed E-state index contributed by atoms with van der Waals surface area (Å²) in [6.07, 6.45) is 3.11. The van der Waals surface area contributed by atoms with Gasteiger partial charge in [-0.25, -0.2) is 14.2 Å². The monoisotopic (exact) mass is 464 g/mol. The molecule has 8 nitrogen and oxygen atoms in total. The number of benzene rings is 1. The van der Waals surface area contributed by atoms with Gasteiger partial charge < -0.3 is 9.73 Å². The van der Waals surface area contributed by atoms with Crippen LogP contribution in [0, 0.1) is 5.82 Å². The van der Waals surface area contributed by atoms with Crippen molar-refractivity contribution < 1.29 is 13.6 Å². The molecule has 0 unspecified atom stereocenters. The van der Waals surface area contributed by atoms with Crippen LogP contribution in [0.2, 0.25) is 0 Å². The van der Waals surface area contributed by atoms with Crippen LogP contribution in [0.4, 0.5) is 4.39 Å². The Balaban J connectivity index is 1.61. The molecule has 1 amide bonds. The van der Waals surface area contributed by atoms with E-state index < -0.39 is 23.0 Å². The van der Waals surface area contributed by atoms with Crippen molar-refractivity contribution in [2.24, 2.45) is 0 Å². The standard InChI is InChI=1S/C23H17FN4O4S/c24-15-7-5-14(6-8-15)12-28-22(30)20-19(17-4-1-9-25-21(17)33-20)27(23(28)31)13-18(29)26-11-16-3-2-10-32-16/h1-10H,11-13H2,(H,26,29). The minimum Gasteiger partial charge on any atom is -0.467 e. The van der Waals surface area contributed by atoms with E-state index in [-0.39, 0.29) is 19.6 Å². The summed E-state index contributed by atoms with van der Waals surface area (Å²) >= 11 is 1.17. The molecule has 0 radical (unpaired) electrons. The van der Waals surface area contributed by atoms with E-state index in [1.807, 2.05) is 0 Å². The second-order valence-corrected chi connectivity index (χ2v) is 8.38. The van der Waals surface area contributed by atoms with Crippen LogP contribution in [0.1, 0.15) is 11.3 Å².